The van der Waals surface area contributed by atoms with E-state index in [2.05, 4.69) is 26.3 Å². The molecule has 0 aromatic heterocycles. The summed E-state index contributed by atoms with van der Waals surface area (Å²) in [6.45, 7) is 20.2. The van der Waals surface area contributed by atoms with Gasteiger partial charge in [0, 0.05) is 28.7 Å². The highest BCUT2D eigenvalue weighted by Gasteiger charge is 2.27. The molecule has 0 heterocycles. The predicted molar refractivity (Wildman–Crippen MR) is 134 cm³/mol. The number of esters is 4. The van der Waals surface area contributed by atoms with Crippen molar-refractivity contribution in [3.8, 4) is 11.5 Å². The summed E-state index contributed by atoms with van der Waals surface area (Å²) in [5.41, 5.74) is 1.78. The van der Waals surface area contributed by atoms with Crippen LogP contribution in [-0.4, -0.2) is 30.0 Å². The Kier molecular flexibility index (Phi) is 9.10. The van der Waals surface area contributed by atoms with E-state index in [1.165, 1.54) is 45.9 Å². The van der Waals surface area contributed by atoms with Gasteiger partial charge in [-0.25, -0.2) is 19.2 Å². The molecule has 8 heteroatoms. The van der Waals surface area contributed by atoms with Gasteiger partial charge in [-0.15, -0.1) is 0 Å². The zero-order chi connectivity index (χ0) is 27.2. The van der Waals surface area contributed by atoms with E-state index in [1.807, 2.05) is 0 Å². The number of rotatable bonds is 9. The number of carbonyl (C=O) groups excluding carboxylic acids is 4. The van der Waals surface area contributed by atoms with Gasteiger partial charge in [0.05, 0.1) is 0 Å². The maximum absolute atomic E-state index is 12.2. The third-order valence-electron chi connectivity index (χ3n) is 4.70. The maximum Gasteiger partial charge on any atom is 0.338 e. The van der Waals surface area contributed by atoms with Crippen molar-refractivity contribution in [2.24, 2.45) is 0 Å². The number of hydrogen-bond donors (Lipinski definition) is 0. The van der Waals surface area contributed by atoms with Gasteiger partial charge in [0.1, 0.15) is 5.76 Å². The highest BCUT2D eigenvalue weighted by Crippen LogP contribution is 2.35. The SMILES string of the molecule is C=C(C)C(=O)OC1=CC(c2ccc(OC(=O)C(=C)C)c(OC(=O)C(=C)C)c2)=CCC1OC(=O)C(=C)C. The average Bonchev–Trinajstić information content (AvgIpc) is 2.80. The number of allylic oxidation sites excluding steroid dienone is 2. The Labute approximate surface area is 209 Å². The molecule has 0 saturated carbocycles. The van der Waals surface area contributed by atoms with Gasteiger partial charge in [-0.05, 0) is 57.0 Å². The molecule has 1 aromatic carbocycles. The van der Waals surface area contributed by atoms with Gasteiger partial charge in [-0.3, -0.25) is 0 Å². The van der Waals surface area contributed by atoms with E-state index < -0.39 is 30.0 Å². The first-order valence-corrected chi connectivity index (χ1v) is 10.9. The first kappa shape index (κ1) is 27.8. The third-order valence-corrected chi connectivity index (χ3v) is 4.70. The molecule has 8 nitrogen and oxygen atoms in total. The molecule has 0 aliphatic heterocycles. The van der Waals surface area contributed by atoms with Crippen molar-refractivity contribution in [1.29, 1.82) is 0 Å². The van der Waals surface area contributed by atoms with Crippen molar-refractivity contribution in [1.82, 2.24) is 0 Å². The molecular formula is C28H28O8. The summed E-state index contributed by atoms with van der Waals surface area (Å²) in [4.78, 5) is 48.5. The normalized spacial score (nSPS) is 14.4. The number of ether oxygens (including phenoxy) is 4. The smallest absolute Gasteiger partial charge is 0.338 e. The molecule has 36 heavy (non-hydrogen) atoms. The van der Waals surface area contributed by atoms with Gasteiger partial charge in [0.25, 0.3) is 0 Å². The average molecular weight is 493 g/mol. The van der Waals surface area contributed by atoms with Gasteiger partial charge in [-0.1, -0.05) is 38.5 Å². The minimum Gasteiger partial charge on any atom is -0.450 e. The van der Waals surface area contributed by atoms with Crippen LogP contribution in [0.15, 0.2) is 84.7 Å². The van der Waals surface area contributed by atoms with Gasteiger partial charge in [-0.2, -0.15) is 0 Å². The Hall–Kier alpha value is -4.46. The molecule has 0 bridgehead atoms. The molecule has 0 N–H and O–H groups in total. The van der Waals surface area contributed by atoms with Crippen molar-refractivity contribution >= 4 is 29.5 Å². The number of benzene rings is 1. The third kappa shape index (κ3) is 7.27. The van der Waals surface area contributed by atoms with Gasteiger partial charge in [0.2, 0.25) is 0 Å². The summed E-state index contributed by atoms with van der Waals surface area (Å²) in [5.74, 6) is -2.65. The molecule has 0 radical (unpaired) electrons. The Morgan fingerprint density at radius 3 is 1.75 bits per heavy atom. The van der Waals surface area contributed by atoms with Crippen LogP contribution < -0.4 is 9.47 Å². The summed E-state index contributed by atoms with van der Waals surface area (Å²) < 4.78 is 21.5. The summed E-state index contributed by atoms with van der Waals surface area (Å²) in [7, 11) is 0. The van der Waals surface area contributed by atoms with E-state index in [1.54, 1.807) is 12.1 Å². The predicted octanol–water partition coefficient (Wildman–Crippen LogP) is 4.93. The first-order chi connectivity index (χ1) is 16.8. The van der Waals surface area contributed by atoms with Crippen LogP contribution in [0.4, 0.5) is 0 Å². The molecule has 1 aliphatic carbocycles. The molecule has 1 unspecified atom stereocenters. The Bertz CT molecular complexity index is 1240. The van der Waals surface area contributed by atoms with Crippen LogP contribution in [-0.2, 0) is 28.7 Å². The maximum atomic E-state index is 12.2. The Morgan fingerprint density at radius 2 is 1.22 bits per heavy atom. The molecule has 0 saturated heterocycles. The van der Waals surface area contributed by atoms with Gasteiger partial charge < -0.3 is 18.9 Å². The largest absolute Gasteiger partial charge is 0.450 e. The zero-order valence-electron chi connectivity index (χ0n) is 20.8. The lowest BCUT2D eigenvalue weighted by molar-refractivity contribution is -0.148. The van der Waals surface area contributed by atoms with Crippen LogP contribution >= 0.6 is 0 Å². The molecule has 0 fully saturated rings. The molecular weight excluding hydrogens is 464 g/mol. The molecule has 1 aliphatic rings. The van der Waals surface area contributed by atoms with Gasteiger partial charge >= 0.3 is 23.9 Å². The summed E-state index contributed by atoms with van der Waals surface area (Å²) >= 11 is 0. The van der Waals surface area contributed by atoms with E-state index in [9.17, 15) is 19.2 Å². The fourth-order valence-electron chi connectivity index (χ4n) is 2.71. The van der Waals surface area contributed by atoms with E-state index >= 15 is 0 Å². The highest BCUT2D eigenvalue weighted by molar-refractivity contribution is 5.92. The molecule has 0 amide bonds. The van der Waals surface area contributed by atoms with Crippen molar-refractivity contribution < 1.29 is 38.1 Å². The second-order valence-corrected chi connectivity index (χ2v) is 8.29. The second kappa shape index (κ2) is 11.8. The van der Waals surface area contributed by atoms with Crippen molar-refractivity contribution in [2.75, 3.05) is 0 Å². The van der Waals surface area contributed by atoms with E-state index in [4.69, 9.17) is 18.9 Å². The van der Waals surface area contributed by atoms with Crippen LogP contribution in [0.2, 0.25) is 0 Å². The molecule has 2 rings (SSSR count). The standard InChI is InChI=1S/C28H28O8/c1-15(2)25(29)33-21-11-9-19(13-23(21)35-27(31)17(5)6)20-10-12-22(34-26(30)16(3)4)24(14-20)36-28(32)18(7)8/h9-11,13-14,22H,1,3,5,7,12H2,2,4,6,8H3. The minimum absolute atomic E-state index is 0.00365. The highest BCUT2D eigenvalue weighted by atomic mass is 16.6. The van der Waals surface area contributed by atoms with Crippen LogP contribution in [0, 0.1) is 0 Å². The van der Waals surface area contributed by atoms with Crippen LogP contribution in [0.3, 0.4) is 0 Å². The van der Waals surface area contributed by atoms with Crippen molar-refractivity contribution in [3.63, 3.8) is 0 Å². The summed E-state index contributed by atoms with van der Waals surface area (Å²) in [6, 6.07) is 4.57. The molecule has 1 aromatic rings. The molecule has 188 valence electrons. The topological polar surface area (TPSA) is 105 Å². The Morgan fingerprint density at radius 1 is 0.722 bits per heavy atom. The van der Waals surface area contributed by atoms with Gasteiger partial charge in [0.15, 0.2) is 17.6 Å². The monoisotopic (exact) mass is 492 g/mol. The fourth-order valence-corrected chi connectivity index (χ4v) is 2.71. The second-order valence-electron chi connectivity index (χ2n) is 8.29. The lowest BCUT2D eigenvalue weighted by atomic mass is 9.96. The van der Waals surface area contributed by atoms with Crippen LogP contribution in [0.1, 0.15) is 39.7 Å². The number of carbonyl (C=O) groups is 4. The van der Waals surface area contributed by atoms with E-state index in [0.717, 1.165) is 0 Å². The lowest BCUT2D eigenvalue weighted by Gasteiger charge is -2.24. The summed E-state index contributed by atoms with van der Waals surface area (Å²) in [5, 5.41) is 0. The Balaban J connectivity index is 2.49. The number of hydrogen-bond acceptors (Lipinski definition) is 8. The van der Waals surface area contributed by atoms with Crippen molar-refractivity contribution in [2.45, 2.75) is 40.2 Å². The zero-order valence-corrected chi connectivity index (χ0v) is 20.8. The summed E-state index contributed by atoms with van der Waals surface area (Å²) in [6.07, 6.45) is 2.61. The van der Waals surface area contributed by atoms with E-state index in [0.29, 0.717) is 11.1 Å². The molecule has 0 spiro atoms. The minimum atomic E-state index is -0.863. The molecule has 1 atom stereocenters. The lowest BCUT2D eigenvalue weighted by Crippen LogP contribution is -2.25. The first-order valence-electron chi connectivity index (χ1n) is 10.9. The van der Waals surface area contributed by atoms with Crippen LogP contribution in [0.25, 0.3) is 5.57 Å². The van der Waals surface area contributed by atoms with Crippen LogP contribution in [0.5, 0.6) is 11.5 Å². The van der Waals surface area contributed by atoms with Crippen molar-refractivity contribution in [3.05, 3.63) is 90.3 Å². The fraction of sp³-hybridized carbons (Fsp3) is 0.214. The van der Waals surface area contributed by atoms with E-state index in [-0.39, 0.29) is 46.0 Å². The quantitative estimate of drug-likeness (QED) is 0.272.